The van der Waals surface area contributed by atoms with Crippen molar-refractivity contribution in [1.29, 1.82) is 0 Å². The third-order valence-electron chi connectivity index (χ3n) is 2.77. The molecule has 1 aromatic heterocycles. The maximum Gasteiger partial charge on any atom is 0.142 e. The van der Waals surface area contributed by atoms with Gasteiger partial charge in [0.05, 0.1) is 12.8 Å². The molecule has 78 valence electrons. The molecule has 14 heavy (non-hydrogen) atoms. The van der Waals surface area contributed by atoms with Crippen LogP contribution < -0.4 is 5.32 Å². The molecule has 1 fully saturated rings. The second kappa shape index (κ2) is 4.57. The van der Waals surface area contributed by atoms with E-state index in [1.54, 1.807) is 6.20 Å². The van der Waals surface area contributed by atoms with E-state index in [9.17, 15) is 0 Å². The minimum atomic E-state index is 0.0268. The molecule has 4 nitrogen and oxygen atoms in total. The van der Waals surface area contributed by atoms with Gasteiger partial charge in [0.15, 0.2) is 0 Å². The number of rotatable bonds is 3. The second-order valence-corrected chi connectivity index (χ2v) is 3.85. The molecule has 0 spiro atoms. The third kappa shape index (κ3) is 2.13. The van der Waals surface area contributed by atoms with Crippen molar-refractivity contribution in [3.05, 3.63) is 17.5 Å². The Morgan fingerprint density at radius 1 is 1.64 bits per heavy atom. The van der Waals surface area contributed by atoms with Gasteiger partial charge in [-0.25, -0.2) is 0 Å². The number of aliphatic hydroxyl groups excluding tert-OH is 1. The zero-order chi connectivity index (χ0) is 9.80. The van der Waals surface area contributed by atoms with Crippen molar-refractivity contribution >= 4 is 0 Å². The summed E-state index contributed by atoms with van der Waals surface area (Å²) in [5.74, 6) is 1.48. The monoisotopic (exact) mass is 196 g/mol. The first-order chi connectivity index (χ1) is 6.90. The molecule has 4 heteroatoms. The molecule has 0 aliphatic carbocycles. The molecule has 1 aromatic rings. The first-order valence-electron chi connectivity index (χ1n) is 5.14. The van der Waals surface area contributed by atoms with Crippen LogP contribution in [0, 0.1) is 5.92 Å². The number of hydrogen-bond donors (Lipinski definition) is 2. The Balaban J connectivity index is 1.95. The number of hydrogen-bond acceptors (Lipinski definition) is 4. The minimum Gasteiger partial charge on any atom is -0.391 e. The molecule has 1 aliphatic rings. The second-order valence-electron chi connectivity index (χ2n) is 3.85. The van der Waals surface area contributed by atoms with Crippen LogP contribution in [0.3, 0.4) is 0 Å². The van der Waals surface area contributed by atoms with Crippen LogP contribution >= 0.6 is 0 Å². The van der Waals surface area contributed by atoms with Crippen LogP contribution in [0.5, 0.6) is 0 Å². The first-order valence-corrected chi connectivity index (χ1v) is 5.14. The summed E-state index contributed by atoms with van der Waals surface area (Å²) < 4.78 is 5.12. The van der Waals surface area contributed by atoms with Gasteiger partial charge in [0, 0.05) is 12.0 Å². The summed E-state index contributed by atoms with van der Waals surface area (Å²) in [6.07, 6.45) is 4.96. The molecule has 2 heterocycles. The molecular formula is C10H16N2O2. The Morgan fingerprint density at radius 2 is 2.57 bits per heavy atom. The quantitative estimate of drug-likeness (QED) is 0.747. The number of nitrogens with one attached hydrogen (secondary N) is 1. The van der Waals surface area contributed by atoms with Crippen LogP contribution in [0.15, 0.2) is 10.7 Å². The number of piperidine rings is 1. The van der Waals surface area contributed by atoms with Crippen molar-refractivity contribution in [2.24, 2.45) is 5.92 Å². The van der Waals surface area contributed by atoms with Crippen molar-refractivity contribution in [2.45, 2.75) is 25.9 Å². The van der Waals surface area contributed by atoms with Crippen molar-refractivity contribution in [3.8, 4) is 0 Å². The van der Waals surface area contributed by atoms with Crippen molar-refractivity contribution in [3.63, 3.8) is 0 Å². The van der Waals surface area contributed by atoms with Crippen LogP contribution in [0.2, 0.25) is 0 Å². The largest absolute Gasteiger partial charge is 0.391 e. The molecule has 0 bridgehead atoms. The number of nitrogens with zero attached hydrogens (tertiary/aromatic N) is 1. The Labute approximate surface area is 83.3 Å². The van der Waals surface area contributed by atoms with E-state index in [1.807, 2.05) is 0 Å². The predicted molar refractivity (Wildman–Crippen MR) is 51.7 cm³/mol. The first kappa shape index (κ1) is 9.68. The molecule has 0 amide bonds. The molecule has 2 N–H and O–H groups in total. The Hall–Kier alpha value is -0.870. The summed E-state index contributed by atoms with van der Waals surface area (Å²) >= 11 is 0. The Morgan fingerprint density at radius 3 is 3.29 bits per heavy atom. The maximum absolute atomic E-state index is 9.02. The van der Waals surface area contributed by atoms with E-state index in [-0.39, 0.29) is 6.61 Å². The zero-order valence-corrected chi connectivity index (χ0v) is 8.20. The van der Waals surface area contributed by atoms with Crippen LogP contribution in [0.25, 0.3) is 0 Å². The van der Waals surface area contributed by atoms with E-state index in [2.05, 4.69) is 10.5 Å². The van der Waals surface area contributed by atoms with Gasteiger partial charge in [0.2, 0.25) is 0 Å². The molecule has 1 saturated heterocycles. The average molecular weight is 196 g/mol. The molecule has 1 atom stereocenters. The van der Waals surface area contributed by atoms with Gasteiger partial charge in [-0.05, 0) is 31.8 Å². The Bertz CT molecular complexity index is 279. The number of aromatic nitrogens is 1. The summed E-state index contributed by atoms with van der Waals surface area (Å²) in [6.45, 7) is 2.20. The lowest BCUT2D eigenvalue weighted by Gasteiger charge is -2.21. The van der Waals surface area contributed by atoms with E-state index < -0.39 is 0 Å². The fourth-order valence-corrected chi connectivity index (χ4v) is 1.94. The van der Waals surface area contributed by atoms with E-state index in [0.717, 1.165) is 30.8 Å². The summed E-state index contributed by atoms with van der Waals surface area (Å²) in [5.41, 5.74) is 0.829. The van der Waals surface area contributed by atoms with Crippen molar-refractivity contribution < 1.29 is 9.63 Å². The normalized spacial score (nSPS) is 22.5. The lowest BCUT2D eigenvalue weighted by Crippen LogP contribution is -2.30. The molecular weight excluding hydrogens is 180 g/mol. The smallest absolute Gasteiger partial charge is 0.142 e. The van der Waals surface area contributed by atoms with Gasteiger partial charge in [0.25, 0.3) is 0 Å². The highest BCUT2D eigenvalue weighted by Gasteiger charge is 2.17. The maximum atomic E-state index is 9.02. The van der Waals surface area contributed by atoms with Gasteiger partial charge in [-0.15, -0.1) is 0 Å². The highest BCUT2D eigenvalue weighted by atomic mass is 16.5. The molecule has 2 rings (SSSR count). The van der Waals surface area contributed by atoms with Crippen LogP contribution in [-0.4, -0.2) is 23.4 Å². The predicted octanol–water partition coefficient (Wildman–Crippen LogP) is 0.709. The topological polar surface area (TPSA) is 58.3 Å². The number of aliphatic hydroxyl groups is 1. The van der Waals surface area contributed by atoms with E-state index >= 15 is 0 Å². The van der Waals surface area contributed by atoms with E-state index in [1.165, 1.54) is 12.8 Å². The fraction of sp³-hybridized carbons (Fsp3) is 0.700. The zero-order valence-electron chi connectivity index (χ0n) is 8.20. The lowest BCUT2D eigenvalue weighted by molar-refractivity contribution is 0.271. The standard InChI is InChI=1S/C10H16N2O2/c13-7-9-6-12-14-10(9)4-8-2-1-3-11-5-8/h6,8,11,13H,1-5,7H2. The van der Waals surface area contributed by atoms with Gasteiger partial charge in [0.1, 0.15) is 5.76 Å². The van der Waals surface area contributed by atoms with Crippen molar-refractivity contribution in [2.75, 3.05) is 13.1 Å². The van der Waals surface area contributed by atoms with Gasteiger partial charge in [-0.3, -0.25) is 0 Å². The summed E-state index contributed by atoms with van der Waals surface area (Å²) in [5, 5.41) is 16.1. The third-order valence-corrected chi connectivity index (χ3v) is 2.77. The van der Waals surface area contributed by atoms with Crippen LogP contribution in [0.1, 0.15) is 24.2 Å². The minimum absolute atomic E-state index is 0.0268. The molecule has 0 saturated carbocycles. The van der Waals surface area contributed by atoms with Crippen molar-refractivity contribution in [1.82, 2.24) is 10.5 Å². The van der Waals surface area contributed by atoms with Gasteiger partial charge >= 0.3 is 0 Å². The summed E-state index contributed by atoms with van der Waals surface area (Å²) in [4.78, 5) is 0. The van der Waals surface area contributed by atoms with Crippen LogP contribution in [0.4, 0.5) is 0 Å². The summed E-state index contributed by atoms with van der Waals surface area (Å²) in [7, 11) is 0. The van der Waals surface area contributed by atoms with Crippen LogP contribution in [-0.2, 0) is 13.0 Å². The van der Waals surface area contributed by atoms with Gasteiger partial charge < -0.3 is 14.9 Å². The Kier molecular flexibility index (Phi) is 3.16. The highest BCUT2D eigenvalue weighted by molar-refractivity contribution is 5.12. The highest BCUT2D eigenvalue weighted by Crippen LogP contribution is 2.18. The van der Waals surface area contributed by atoms with E-state index in [0.29, 0.717) is 5.92 Å². The molecule has 1 aliphatic heterocycles. The fourth-order valence-electron chi connectivity index (χ4n) is 1.94. The van der Waals surface area contributed by atoms with Gasteiger partial charge in [-0.2, -0.15) is 0 Å². The SMILES string of the molecule is OCc1cnoc1CC1CCCNC1. The molecule has 0 aromatic carbocycles. The lowest BCUT2D eigenvalue weighted by atomic mass is 9.94. The van der Waals surface area contributed by atoms with E-state index in [4.69, 9.17) is 9.63 Å². The molecule has 0 radical (unpaired) electrons. The summed E-state index contributed by atoms with van der Waals surface area (Å²) in [6, 6.07) is 0. The molecule has 1 unspecified atom stereocenters. The van der Waals surface area contributed by atoms with Gasteiger partial charge in [-0.1, -0.05) is 5.16 Å². The average Bonchev–Trinajstić information content (AvgIpc) is 2.67.